The monoisotopic (exact) mass is 774 g/mol. The van der Waals surface area contributed by atoms with Crippen LogP contribution in [0.25, 0.3) is 11.0 Å². The van der Waals surface area contributed by atoms with E-state index in [-0.39, 0.29) is 29.7 Å². The van der Waals surface area contributed by atoms with Gasteiger partial charge in [-0.15, -0.1) is 0 Å². The zero-order valence-corrected chi connectivity index (χ0v) is 32.7. The number of aromatic nitrogens is 2. The number of anilines is 1. The molecule has 3 amide bonds. The number of hydrogen-bond donors (Lipinski definition) is 3. The lowest BCUT2D eigenvalue weighted by Gasteiger charge is -2.42. The van der Waals surface area contributed by atoms with Gasteiger partial charge < -0.3 is 29.9 Å². The van der Waals surface area contributed by atoms with Crippen molar-refractivity contribution in [3.05, 3.63) is 137 Å². The molecule has 300 valence electrons. The average molecular weight is 775 g/mol. The molecule has 2 fully saturated rings. The van der Waals surface area contributed by atoms with Crippen molar-refractivity contribution in [3.63, 3.8) is 0 Å². The number of amides is 3. The second kappa shape index (κ2) is 19.8. The van der Waals surface area contributed by atoms with E-state index >= 15 is 0 Å². The Morgan fingerprint density at radius 2 is 1.32 bits per heavy atom. The van der Waals surface area contributed by atoms with Crippen LogP contribution in [-0.4, -0.2) is 90.8 Å². The van der Waals surface area contributed by atoms with Gasteiger partial charge >= 0.3 is 17.9 Å². The Balaban J connectivity index is 0.000000240. The van der Waals surface area contributed by atoms with E-state index in [0.717, 1.165) is 49.2 Å². The molecule has 2 aliphatic rings. The number of aromatic amines is 1. The Labute approximate surface area is 333 Å². The first-order chi connectivity index (χ1) is 27.7. The van der Waals surface area contributed by atoms with E-state index < -0.39 is 12.2 Å². The Hall–Kier alpha value is -5.88. The van der Waals surface area contributed by atoms with Crippen molar-refractivity contribution in [1.82, 2.24) is 24.3 Å². The van der Waals surface area contributed by atoms with E-state index in [0.29, 0.717) is 51.7 Å². The lowest BCUT2D eigenvalue weighted by Crippen LogP contribution is -2.53. The van der Waals surface area contributed by atoms with Crippen LogP contribution in [0.1, 0.15) is 69.0 Å². The number of piperidine rings is 2. The summed E-state index contributed by atoms with van der Waals surface area (Å²) in [6.07, 6.45) is 2.98. The number of carbonyl (C=O) groups excluding carboxylic acids is 1. The number of nitrogens with zero attached hydrogens (tertiary/aromatic N) is 5. The number of nitrogens with one attached hydrogen (secondary N) is 1. The summed E-state index contributed by atoms with van der Waals surface area (Å²) < 4.78 is 1.76. The van der Waals surface area contributed by atoms with Crippen molar-refractivity contribution in [2.75, 3.05) is 31.1 Å². The largest absolute Gasteiger partial charge is 0.465 e. The average Bonchev–Trinajstić information content (AvgIpc) is 3.57. The quantitative estimate of drug-likeness (QED) is 0.116. The minimum absolute atomic E-state index is 0.00445. The minimum Gasteiger partial charge on any atom is -0.465 e. The fourth-order valence-corrected chi connectivity index (χ4v) is 8.31. The van der Waals surface area contributed by atoms with Crippen LogP contribution in [0.2, 0.25) is 0 Å². The van der Waals surface area contributed by atoms with Crippen molar-refractivity contribution in [2.24, 2.45) is 0 Å². The maximum Gasteiger partial charge on any atom is 0.407 e. The van der Waals surface area contributed by atoms with Crippen molar-refractivity contribution < 1.29 is 24.6 Å². The highest BCUT2D eigenvalue weighted by atomic mass is 16.4. The number of hydrogen-bond acceptors (Lipinski definition) is 5. The second-order valence-corrected chi connectivity index (χ2v) is 14.9. The van der Waals surface area contributed by atoms with Crippen molar-refractivity contribution >= 4 is 34.8 Å². The zero-order valence-electron chi connectivity index (χ0n) is 32.7. The summed E-state index contributed by atoms with van der Waals surface area (Å²) in [7, 11) is 0. The number of carboxylic acid groups (broad SMARTS) is 2. The molecule has 2 aliphatic heterocycles. The molecular formula is C45H54N6O6. The molecule has 1 unspecified atom stereocenters. The third-order valence-electron chi connectivity index (χ3n) is 11.1. The SMILES string of the molecule is CCC(=O)N(c1ccccc1)C1CCN(C(=O)O)[C@@H](CCCN(Cc2ccccc2)Cc2ccccc2)C1.O=C(O)N1CCC(n2c(=O)[nH]c3ccccc32)CC1. The number of para-hydroxylation sites is 3. The molecule has 4 aromatic carbocycles. The predicted molar refractivity (Wildman–Crippen MR) is 222 cm³/mol. The number of rotatable bonds is 12. The van der Waals surface area contributed by atoms with Gasteiger partial charge in [0.25, 0.3) is 0 Å². The summed E-state index contributed by atoms with van der Waals surface area (Å²) in [4.78, 5) is 58.2. The van der Waals surface area contributed by atoms with E-state index in [2.05, 4.69) is 58.4 Å². The number of H-pyrrole nitrogens is 1. The first-order valence-corrected chi connectivity index (χ1v) is 20.1. The molecule has 0 aliphatic carbocycles. The molecule has 2 saturated heterocycles. The van der Waals surface area contributed by atoms with Gasteiger partial charge in [0.15, 0.2) is 0 Å². The standard InChI is InChI=1S/C32H39N3O3.C13H15N3O3/c1-2-31(36)35(28-17-10-5-11-18-28)30-20-22-34(32(37)38)29(23-30)19-12-21-33(24-26-13-6-3-7-14-26)25-27-15-8-4-9-16-27;17-12-14-10-3-1-2-4-11(10)16(12)9-5-7-15(8-6-9)13(18)19/h3-11,13-18,29-30H,2,12,19-25H2,1H3,(H,37,38);1-4,9H,5-8H2,(H,14,17)(H,18,19)/t29-,30?;/m0./s1. The van der Waals surface area contributed by atoms with E-state index in [1.807, 2.05) is 78.6 Å². The highest BCUT2D eigenvalue weighted by molar-refractivity contribution is 5.93. The molecule has 12 nitrogen and oxygen atoms in total. The molecule has 12 heteroatoms. The van der Waals surface area contributed by atoms with Gasteiger partial charge in [0.05, 0.1) is 11.0 Å². The number of benzene rings is 4. The van der Waals surface area contributed by atoms with Crippen LogP contribution in [0.15, 0.2) is 120 Å². The number of imidazole rings is 1. The molecule has 5 aromatic rings. The summed E-state index contributed by atoms with van der Waals surface area (Å²) in [5.41, 5.74) is 5.03. The molecule has 0 bridgehead atoms. The minimum atomic E-state index is -0.885. The topological polar surface area (TPSA) is 142 Å². The van der Waals surface area contributed by atoms with Crippen LogP contribution in [0.5, 0.6) is 0 Å². The van der Waals surface area contributed by atoms with Crippen LogP contribution in [0.3, 0.4) is 0 Å². The van der Waals surface area contributed by atoms with E-state index in [1.165, 1.54) is 16.0 Å². The number of likely N-dealkylation sites (tertiary alicyclic amines) is 2. The van der Waals surface area contributed by atoms with Gasteiger partial charge in [0.2, 0.25) is 5.91 Å². The fraction of sp³-hybridized carbons (Fsp3) is 0.378. The highest BCUT2D eigenvalue weighted by Crippen LogP contribution is 2.30. The summed E-state index contributed by atoms with van der Waals surface area (Å²) >= 11 is 0. The summed E-state index contributed by atoms with van der Waals surface area (Å²) in [6.45, 7) is 5.85. The third-order valence-corrected chi connectivity index (χ3v) is 11.1. The summed E-state index contributed by atoms with van der Waals surface area (Å²) in [5.74, 6) is 0.0839. The molecule has 2 atom stereocenters. The number of carbonyl (C=O) groups is 3. The van der Waals surface area contributed by atoms with Crippen molar-refractivity contribution in [3.8, 4) is 0 Å². The molecule has 1 aromatic heterocycles. The smallest absolute Gasteiger partial charge is 0.407 e. The van der Waals surface area contributed by atoms with Gasteiger partial charge in [0.1, 0.15) is 0 Å². The van der Waals surface area contributed by atoms with Crippen LogP contribution in [0, 0.1) is 0 Å². The molecule has 7 rings (SSSR count). The Bertz CT molecular complexity index is 2060. The molecule has 3 N–H and O–H groups in total. The maximum absolute atomic E-state index is 13.0. The molecule has 57 heavy (non-hydrogen) atoms. The van der Waals surface area contributed by atoms with Gasteiger partial charge in [0, 0.05) is 63.0 Å². The predicted octanol–water partition coefficient (Wildman–Crippen LogP) is 8.07. The van der Waals surface area contributed by atoms with Gasteiger partial charge in [-0.25, -0.2) is 14.4 Å². The highest BCUT2D eigenvalue weighted by Gasteiger charge is 2.36. The first-order valence-electron chi connectivity index (χ1n) is 20.1. The third kappa shape index (κ3) is 10.7. The van der Waals surface area contributed by atoms with E-state index in [9.17, 15) is 24.3 Å². The Kier molecular flexibility index (Phi) is 14.2. The van der Waals surface area contributed by atoms with Crippen molar-refractivity contribution in [2.45, 2.75) is 83.1 Å². The van der Waals surface area contributed by atoms with E-state index in [4.69, 9.17) is 5.11 Å². The molecule has 0 spiro atoms. The molecule has 0 radical (unpaired) electrons. The second-order valence-electron chi connectivity index (χ2n) is 14.9. The summed E-state index contributed by atoms with van der Waals surface area (Å²) in [5, 5.41) is 18.9. The van der Waals surface area contributed by atoms with Gasteiger partial charge in [-0.1, -0.05) is 97.9 Å². The van der Waals surface area contributed by atoms with E-state index in [1.54, 1.807) is 9.47 Å². The molecule has 0 saturated carbocycles. The van der Waals surface area contributed by atoms with Crippen LogP contribution in [-0.2, 0) is 17.9 Å². The fourth-order valence-electron chi connectivity index (χ4n) is 8.31. The lowest BCUT2D eigenvalue weighted by molar-refractivity contribution is -0.119. The van der Waals surface area contributed by atoms with Crippen LogP contribution >= 0.6 is 0 Å². The first kappa shape index (κ1) is 40.8. The number of fused-ring (bicyclic) bond motifs is 1. The Morgan fingerprint density at radius 3 is 1.89 bits per heavy atom. The molecule has 3 heterocycles. The maximum atomic E-state index is 13.0. The van der Waals surface area contributed by atoms with Gasteiger partial charge in [-0.3, -0.25) is 14.3 Å². The van der Waals surface area contributed by atoms with Gasteiger partial charge in [-0.05, 0) is 80.5 Å². The summed E-state index contributed by atoms with van der Waals surface area (Å²) in [6, 6.07) is 38.3. The lowest BCUT2D eigenvalue weighted by atomic mass is 9.92. The Morgan fingerprint density at radius 1 is 0.737 bits per heavy atom. The van der Waals surface area contributed by atoms with Crippen molar-refractivity contribution in [1.29, 1.82) is 0 Å². The van der Waals surface area contributed by atoms with Gasteiger partial charge in [-0.2, -0.15) is 0 Å². The zero-order chi connectivity index (χ0) is 40.1. The normalized spacial score (nSPS) is 17.2. The van der Waals surface area contributed by atoms with Crippen LogP contribution < -0.4 is 10.6 Å². The van der Waals surface area contributed by atoms with Crippen LogP contribution in [0.4, 0.5) is 15.3 Å². The molecular weight excluding hydrogens is 721 g/mol.